The molecule has 0 saturated carbocycles. The SMILES string of the molecule is NS(=O)(=O)CC1CCCN(c2ccc(Br)cc2[N+](=O)[O-])C1. The molecule has 9 heteroatoms. The second-order valence-corrected chi connectivity index (χ2v) is 7.75. The predicted octanol–water partition coefficient (Wildman–Crippen LogP) is 1.86. The zero-order chi connectivity index (χ0) is 15.6. The van der Waals surface area contributed by atoms with Gasteiger partial charge in [-0.25, -0.2) is 13.6 Å². The second kappa shape index (κ2) is 6.29. The van der Waals surface area contributed by atoms with E-state index in [1.54, 1.807) is 12.1 Å². The molecule has 2 rings (SSSR count). The first kappa shape index (κ1) is 16.2. The van der Waals surface area contributed by atoms with Crippen molar-refractivity contribution < 1.29 is 13.3 Å². The van der Waals surface area contributed by atoms with E-state index in [1.807, 2.05) is 4.90 Å². The third-order valence-electron chi connectivity index (χ3n) is 3.46. The maximum atomic E-state index is 11.2. The number of benzene rings is 1. The molecule has 1 aliphatic rings. The topological polar surface area (TPSA) is 107 Å². The highest BCUT2D eigenvalue weighted by Gasteiger charge is 2.27. The fraction of sp³-hybridized carbons (Fsp3) is 0.500. The number of nitrogens with two attached hydrogens (primary N) is 1. The molecule has 1 fully saturated rings. The van der Waals surface area contributed by atoms with Gasteiger partial charge < -0.3 is 4.90 Å². The van der Waals surface area contributed by atoms with Crippen molar-refractivity contribution in [3.05, 3.63) is 32.8 Å². The zero-order valence-corrected chi connectivity index (χ0v) is 13.6. The van der Waals surface area contributed by atoms with Crippen LogP contribution in [0.4, 0.5) is 11.4 Å². The highest BCUT2D eigenvalue weighted by Crippen LogP contribution is 2.33. The number of piperidine rings is 1. The summed E-state index contributed by atoms with van der Waals surface area (Å²) in [5.41, 5.74) is 0.531. The molecule has 2 N–H and O–H groups in total. The number of nitro benzene ring substituents is 1. The molecular weight excluding hydrogens is 362 g/mol. The lowest BCUT2D eigenvalue weighted by molar-refractivity contribution is -0.384. The largest absolute Gasteiger partial charge is 0.366 e. The average Bonchev–Trinajstić information content (AvgIpc) is 2.36. The van der Waals surface area contributed by atoms with Crippen LogP contribution in [0.15, 0.2) is 22.7 Å². The van der Waals surface area contributed by atoms with Crippen molar-refractivity contribution >= 4 is 37.3 Å². The summed E-state index contributed by atoms with van der Waals surface area (Å²) < 4.78 is 23.0. The summed E-state index contributed by atoms with van der Waals surface area (Å²) in [5, 5.41) is 16.3. The molecule has 1 heterocycles. The number of hydrogen-bond donors (Lipinski definition) is 1. The van der Waals surface area contributed by atoms with Gasteiger partial charge >= 0.3 is 0 Å². The van der Waals surface area contributed by atoms with Gasteiger partial charge in [0.15, 0.2) is 0 Å². The molecule has 21 heavy (non-hydrogen) atoms. The Morgan fingerprint density at radius 2 is 2.19 bits per heavy atom. The predicted molar refractivity (Wildman–Crippen MR) is 83.7 cm³/mol. The monoisotopic (exact) mass is 377 g/mol. The van der Waals surface area contributed by atoms with Crippen LogP contribution in [-0.4, -0.2) is 32.2 Å². The summed E-state index contributed by atoms with van der Waals surface area (Å²) in [7, 11) is -3.53. The van der Waals surface area contributed by atoms with Crippen LogP contribution in [0.3, 0.4) is 0 Å². The zero-order valence-electron chi connectivity index (χ0n) is 11.2. The Bertz CT molecular complexity index is 650. The fourth-order valence-electron chi connectivity index (χ4n) is 2.66. The summed E-state index contributed by atoms with van der Waals surface area (Å²) in [6.07, 6.45) is 1.55. The van der Waals surface area contributed by atoms with Crippen LogP contribution in [-0.2, 0) is 10.0 Å². The second-order valence-electron chi connectivity index (χ2n) is 5.17. The minimum atomic E-state index is -3.53. The first-order valence-electron chi connectivity index (χ1n) is 6.45. The van der Waals surface area contributed by atoms with Crippen LogP contribution in [0.25, 0.3) is 0 Å². The van der Waals surface area contributed by atoms with Gasteiger partial charge in [0.25, 0.3) is 5.69 Å². The molecule has 0 bridgehead atoms. The van der Waals surface area contributed by atoms with Crippen LogP contribution < -0.4 is 10.0 Å². The lowest BCUT2D eigenvalue weighted by Crippen LogP contribution is -2.39. The molecule has 0 radical (unpaired) electrons. The van der Waals surface area contributed by atoms with E-state index >= 15 is 0 Å². The van der Waals surface area contributed by atoms with Crippen LogP contribution in [0, 0.1) is 16.0 Å². The van der Waals surface area contributed by atoms with E-state index in [4.69, 9.17) is 5.14 Å². The minimum absolute atomic E-state index is 0.0145. The fourth-order valence-corrected chi connectivity index (χ4v) is 3.94. The maximum absolute atomic E-state index is 11.2. The average molecular weight is 378 g/mol. The first-order valence-corrected chi connectivity index (χ1v) is 8.96. The lowest BCUT2D eigenvalue weighted by atomic mass is 9.99. The van der Waals surface area contributed by atoms with Crippen LogP contribution in [0.2, 0.25) is 0 Å². The van der Waals surface area contributed by atoms with E-state index in [0.717, 1.165) is 12.8 Å². The smallest absolute Gasteiger partial charge is 0.293 e. The van der Waals surface area contributed by atoms with E-state index in [-0.39, 0.29) is 17.4 Å². The Kier molecular flexibility index (Phi) is 4.84. The summed E-state index contributed by atoms with van der Waals surface area (Å²) >= 11 is 3.22. The van der Waals surface area contributed by atoms with Crippen LogP contribution in [0.5, 0.6) is 0 Å². The van der Waals surface area contributed by atoms with Gasteiger partial charge in [-0.2, -0.15) is 0 Å². The van der Waals surface area contributed by atoms with Gasteiger partial charge in [-0.05, 0) is 30.9 Å². The number of nitro groups is 1. The normalized spacial score (nSPS) is 19.5. The number of hydrogen-bond acceptors (Lipinski definition) is 5. The number of halogens is 1. The van der Waals surface area contributed by atoms with E-state index in [2.05, 4.69) is 15.9 Å². The van der Waals surface area contributed by atoms with Crippen molar-refractivity contribution in [1.29, 1.82) is 0 Å². The number of nitrogens with zero attached hydrogens (tertiary/aromatic N) is 2. The van der Waals surface area contributed by atoms with E-state index in [0.29, 0.717) is 23.2 Å². The molecule has 1 aromatic carbocycles. The third-order valence-corrected chi connectivity index (χ3v) is 4.89. The van der Waals surface area contributed by atoms with E-state index < -0.39 is 14.9 Å². The standard InChI is InChI=1S/C12H16BrN3O4S/c13-10-3-4-11(12(6-10)16(17)18)15-5-1-2-9(7-15)8-21(14,19)20/h3-4,6,9H,1-2,5,7-8H2,(H2,14,19,20). The maximum Gasteiger partial charge on any atom is 0.293 e. The molecular formula is C12H16BrN3O4S. The molecule has 0 aromatic heterocycles. The number of rotatable bonds is 4. The van der Waals surface area contributed by atoms with Gasteiger partial charge in [0.05, 0.1) is 10.7 Å². The summed E-state index contributed by atoms with van der Waals surface area (Å²) in [5.74, 6) is -0.189. The molecule has 0 spiro atoms. The Morgan fingerprint density at radius 1 is 1.48 bits per heavy atom. The Hall–Kier alpha value is -1.19. The molecule has 0 aliphatic carbocycles. The number of anilines is 1. The van der Waals surface area contributed by atoms with Crippen molar-refractivity contribution in [2.75, 3.05) is 23.7 Å². The lowest BCUT2D eigenvalue weighted by Gasteiger charge is -2.33. The Morgan fingerprint density at radius 3 is 2.81 bits per heavy atom. The molecule has 116 valence electrons. The number of primary sulfonamides is 1. The Labute approximate surface area is 131 Å². The van der Waals surface area contributed by atoms with Crippen LogP contribution >= 0.6 is 15.9 Å². The third kappa shape index (κ3) is 4.39. The first-order chi connectivity index (χ1) is 9.76. The summed E-state index contributed by atoms with van der Waals surface area (Å²) in [4.78, 5) is 12.6. The molecule has 1 aliphatic heterocycles. The minimum Gasteiger partial charge on any atom is -0.366 e. The van der Waals surface area contributed by atoms with Gasteiger partial charge in [-0.15, -0.1) is 0 Å². The summed E-state index contributed by atoms with van der Waals surface area (Å²) in [6, 6.07) is 4.88. The van der Waals surface area contributed by atoms with Crippen molar-refractivity contribution in [3.8, 4) is 0 Å². The van der Waals surface area contributed by atoms with E-state index in [1.165, 1.54) is 6.07 Å². The van der Waals surface area contributed by atoms with Crippen molar-refractivity contribution in [2.24, 2.45) is 11.1 Å². The van der Waals surface area contributed by atoms with Gasteiger partial charge in [0.1, 0.15) is 5.69 Å². The van der Waals surface area contributed by atoms with E-state index in [9.17, 15) is 18.5 Å². The molecule has 1 saturated heterocycles. The molecule has 0 amide bonds. The van der Waals surface area contributed by atoms with Crippen molar-refractivity contribution in [1.82, 2.24) is 0 Å². The van der Waals surface area contributed by atoms with Crippen LogP contribution in [0.1, 0.15) is 12.8 Å². The highest BCUT2D eigenvalue weighted by molar-refractivity contribution is 9.10. The number of sulfonamides is 1. The Balaban J connectivity index is 2.24. The van der Waals surface area contributed by atoms with Gasteiger partial charge in [0, 0.05) is 23.6 Å². The molecule has 7 nitrogen and oxygen atoms in total. The molecule has 1 unspecified atom stereocenters. The highest BCUT2D eigenvalue weighted by atomic mass is 79.9. The van der Waals surface area contributed by atoms with Gasteiger partial charge in [-0.3, -0.25) is 10.1 Å². The quantitative estimate of drug-likeness (QED) is 0.636. The summed E-state index contributed by atoms with van der Waals surface area (Å²) in [6.45, 7) is 1.13. The molecule has 1 aromatic rings. The molecule has 1 atom stereocenters. The van der Waals surface area contributed by atoms with Gasteiger partial charge in [-0.1, -0.05) is 15.9 Å². The van der Waals surface area contributed by atoms with Crippen molar-refractivity contribution in [2.45, 2.75) is 12.8 Å². The van der Waals surface area contributed by atoms with Gasteiger partial charge in [0.2, 0.25) is 10.0 Å². The van der Waals surface area contributed by atoms with Crippen molar-refractivity contribution in [3.63, 3.8) is 0 Å².